The van der Waals surface area contributed by atoms with Gasteiger partial charge in [-0.3, -0.25) is 14.2 Å². The lowest BCUT2D eigenvalue weighted by Crippen LogP contribution is -2.29. The zero-order valence-corrected chi connectivity index (χ0v) is 15.0. The molecule has 1 atom stereocenters. The van der Waals surface area contributed by atoms with Gasteiger partial charge in [0.25, 0.3) is 11.5 Å². The molecule has 0 spiro atoms. The number of hydrogen-bond acceptors (Lipinski definition) is 5. The number of aliphatic carboxylic acids is 1. The van der Waals surface area contributed by atoms with Crippen LogP contribution in [0.3, 0.4) is 0 Å². The number of nitrogens with one attached hydrogen (secondary N) is 1. The molecule has 26 heavy (non-hydrogen) atoms. The van der Waals surface area contributed by atoms with E-state index in [0.29, 0.717) is 21.0 Å². The molecule has 134 valence electrons. The van der Waals surface area contributed by atoms with Crippen LogP contribution in [-0.4, -0.2) is 26.5 Å². The number of anilines is 1. The Morgan fingerprint density at radius 1 is 1.31 bits per heavy atom. The van der Waals surface area contributed by atoms with Crippen LogP contribution in [0, 0.1) is 6.92 Å². The van der Waals surface area contributed by atoms with Crippen LogP contribution in [0.15, 0.2) is 41.5 Å². The molecule has 0 aliphatic carbocycles. The van der Waals surface area contributed by atoms with Crippen LogP contribution in [0.1, 0.15) is 34.6 Å². The number of carbonyl (C=O) groups excluding carboxylic acids is 1. The molecule has 0 saturated heterocycles. The summed E-state index contributed by atoms with van der Waals surface area (Å²) in [6.07, 6.45) is 1.49. The minimum Gasteiger partial charge on any atom is -0.480 e. The molecular weight excluding hydrogens is 354 g/mol. The SMILES string of the molecule is CCC(C(=O)O)n1cnc2sc(C(=O)Nc3ccccc3)c(C)c2c1=O. The van der Waals surface area contributed by atoms with Crippen LogP contribution >= 0.6 is 11.3 Å². The van der Waals surface area contributed by atoms with Crippen molar-refractivity contribution >= 4 is 39.1 Å². The predicted octanol–water partition coefficient (Wildman–Crippen LogP) is 3.05. The summed E-state index contributed by atoms with van der Waals surface area (Å²) in [5.74, 6) is -1.42. The number of hydrogen-bond donors (Lipinski definition) is 2. The van der Waals surface area contributed by atoms with E-state index < -0.39 is 17.6 Å². The molecule has 0 fully saturated rings. The van der Waals surface area contributed by atoms with Gasteiger partial charge in [0.1, 0.15) is 10.9 Å². The number of carboxylic acid groups (broad SMARTS) is 1. The van der Waals surface area contributed by atoms with Gasteiger partial charge in [0, 0.05) is 5.69 Å². The summed E-state index contributed by atoms with van der Waals surface area (Å²) in [5, 5.41) is 12.4. The van der Waals surface area contributed by atoms with E-state index in [0.717, 1.165) is 15.9 Å². The minimum absolute atomic E-state index is 0.257. The summed E-state index contributed by atoms with van der Waals surface area (Å²) in [6.45, 7) is 3.36. The molecule has 3 rings (SSSR count). The fourth-order valence-electron chi connectivity index (χ4n) is 2.78. The molecule has 0 aliphatic heterocycles. The first kappa shape index (κ1) is 17.8. The van der Waals surface area contributed by atoms with E-state index in [1.165, 1.54) is 6.33 Å². The van der Waals surface area contributed by atoms with Gasteiger partial charge in [0.15, 0.2) is 0 Å². The fraction of sp³-hybridized carbons (Fsp3) is 0.222. The Hall–Kier alpha value is -3.00. The molecule has 1 amide bonds. The van der Waals surface area contributed by atoms with Crippen LogP contribution in [0.5, 0.6) is 0 Å². The van der Waals surface area contributed by atoms with Crippen molar-refractivity contribution in [2.75, 3.05) is 5.32 Å². The van der Waals surface area contributed by atoms with Gasteiger partial charge in [0.2, 0.25) is 0 Å². The molecule has 0 saturated carbocycles. The quantitative estimate of drug-likeness (QED) is 0.718. The third-order valence-electron chi connectivity index (χ3n) is 4.12. The highest BCUT2D eigenvalue weighted by atomic mass is 32.1. The molecule has 0 bridgehead atoms. The maximum absolute atomic E-state index is 12.8. The topological polar surface area (TPSA) is 101 Å². The lowest BCUT2D eigenvalue weighted by molar-refractivity contribution is -0.141. The van der Waals surface area contributed by atoms with E-state index >= 15 is 0 Å². The van der Waals surface area contributed by atoms with E-state index in [2.05, 4.69) is 10.3 Å². The molecule has 0 radical (unpaired) electrons. The number of thiophene rings is 1. The molecule has 2 aromatic heterocycles. The Kier molecular flexibility index (Phi) is 4.85. The van der Waals surface area contributed by atoms with Crippen LogP contribution < -0.4 is 10.9 Å². The number of aromatic nitrogens is 2. The molecule has 2 heterocycles. The van der Waals surface area contributed by atoms with Gasteiger partial charge in [-0.1, -0.05) is 25.1 Å². The van der Waals surface area contributed by atoms with E-state index in [1.54, 1.807) is 26.0 Å². The van der Waals surface area contributed by atoms with Crippen molar-refractivity contribution in [3.05, 3.63) is 57.5 Å². The van der Waals surface area contributed by atoms with E-state index in [1.807, 2.05) is 18.2 Å². The van der Waals surface area contributed by atoms with Crippen molar-refractivity contribution < 1.29 is 14.7 Å². The lowest BCUT2D eigenvalue weighted by atomic mass is 10.2. The van der Waals surface area contributed by atoms with Gasteiger partial charge in [-0.15, -0.1) is 11.3 Å². The van der Waals surface area contributed by atoms with Crippen molar-refractivity contribution in [2.24, 2.45) is 0 Å². The number of nitrogens with zero attached hydrogens (tertiary/aromatic N) is 2. The van der Waals surface area contributed by atoms with E-state index in [-0.39, 0.29) is 17.7 Å². The van der Waals surface area contributed by atoms with Crippen LogP contribution in [0.2, 0.25) is 0 Å². The molecule has 3 aromatic rings. The number of carboxylic acids is 1. The van der Waals surface area contributed by atoms with Gasteiger partial charge in [-0.05, 0) is 31.0 Å². The summed E-state index contributed by atoms with van der Waals surface area (Å²) in [6, 6.07) is 8.02. The highest BCUT2D eigenvalue weighted by molar-refractivity contribution is 7.20. The summed E-state index contributed by atoms with van der Waals surface area (Å²) >= 11 is 1.12. The molecule has 1 aromatic carbocycles. The lowest BCUT2D eigenvalue weighted by Gasteiger charge is -2.12. The Morgan fingerprint density at radius 2 is 2.00 bits per heavy atom. The van der Waals surface area contributed by atoms with E-state index in [4.69, 9.17) is 0 Å². The predicted molar refractivity (Wildman–Crippen MR) is 100.0 cm³/mol. The van der Waals surface area contributed by atoms with Gasteiger partial charge in [-0.25, -0.2) is 9.78 Å². The first-order valence-corrected chi connectivity index (χ1v) is 8.85. The highest BCUT2D eigenvalue weighted by Gasteiger charge is 2.24. The number of fused-ring (bicyclic) bond motifs is 1. The Labute approximate surface area is 152 Å². The summed E-state index contributed by atoms with van der Waals surface area (Å²) in [7, 11) is 0. The number of para-hydroxylation sites is 1. The van der Waals surface area contributed by atoms with E-state index in [9.17, 15) is 19.5 Å². The largest absolute Gasteiger partial charge is 0.480 e. The molecule has 1 unspecified atom stereocenters. The zero-order chi connectivity index (χ0) is 18.8. The zero-order valence-electron chi connectivity index (χ0n) is 14.2. The first-order valence-electron chi connectivity index (χ1n) is 8.03. The number of benzene rings is 1. The summed E-state index contributed by atoms with van der Waals surface area (Å²) in [5.41, 5.74) is 0.707. The van der Waals surface area contributed by atoms with Crippen LogP contribution in [0.25, 0.3) is 10.2 Å². The summed E-state index contributed by atoms with van der Waals surface area (Å²) < 4.78 is 1.11. The third kappa shape index (κ3) is 3.11. The number of aryl methyl sites for hydroxylation is 1. The smallest absolute Gasteiger partial charge is 0.326 e. The molecule has 0 aliphatic rings. The Balaban J connectivity index is 2.06. The van der Waals surface area contributed by atoms with Crippen molar-refractivity contribution in [1.29, 1.82) is 0 Å². The second kappa shape index (κ2) is 7.09. The molecule has 7 nitrogen and oxygen atoms in total. The average Bonchev–Trinajstić information content (AvgIpc) is 2.96. The van der Waals surface area contributed by atoms with Gasteiger partial charge in [0.05, 0.1) is 16.6 Å². The number of rotatable bonds is 5. The highest BCUT2D eigenvalue weighted by Crippen LogP contribution is 2.28. The molecule has 2 N–H and O–H groups in total. The van der Waals surface area contributed by atoms with Gasteiger partial charge >= 0.3 is 5.97 Å². The fourth-order valence-corrected chi connectivity index (χ4v) is 3.81. The van der Waals surface area contributed by atoms with Crippen LogP contribution in [0.4, 0.5) is 5.69 Å². The standard InChI is InChI=1S/C18H17N3O4S/c1-3-12(18(24)25)21-9-19-16-13(17(21)23)10(2)14(26-16)15(22)20-11-7-5-4-6-8-11/h4-9,12H,3H2,1-2H3,(H,20,22)(H,24,25). The van der Waals surface area contributed by atoms with Crippen molar-refractivity contribution in [2.45, 2.75) is 26.3 Å². The van der Waals surface area contributed by atoms with Crippen molar-refractivity contribution in [1.82, 2.24) is 9.55 Å². The second-order valence-corrected chi connectivity index (χ2v) is 6.77. The number of amides is 1. The van der Waals surface area contributed by atoms with Gasteiger partial charge < -0.3 is 10.4 Å². The van der Waals surface area contributed by atoms with Crippen molar-refractivity contribution in [3.8, 4) is 0 Å². The molecule has 8 heteroatoms. The number of carbonyl (C=O) groups is 2. The Morgan fingerprint density at radius 3 is 2.62 bits per heavy atom. The summed E-state index contributed by atoms with van der Waals surface area (Å²) in [4.78, 5) is 41.7. The third-order valence-corrected chi connectivity index (χ3v) is 5.32. The van der Waals surface area contributed by atoms with Crippen molar-refractivity contribution in [3.63, 3.8) is 0 Å². The Bertz CT molecular complexity index is 1040. The maximum Gasteiger partial charge on any atom is 0.326 e. The normalized spacial score (nSPS) is 12.1. The van der Waals surface area contributed by atoms with Crippen LogP contribution in [-0.2, 0) is 4.79 Å². The maximum atomic E-state index is 12.8. The van der Waals surface area contributed by atoms with Gasteiger partial charge in [-0.2, -0.15) is 0 Å². The average molecular weight is 371 g/mol. The molecular formula is C18H17N3O4S. The monoisotopic (exact) mass is 371 g/mol. The second-order valence-electron chi connectivity index (χ2n) is 5.78. The first-order chi connectivity index (χ1) is 12.4. The minimum atomic E-state index is -1.09.